The summed E-state index contributed by atoms with van der Waals surface area (Å²) in [7, 11) is -4.13. The lowest BCUT2D eigenvalue weighted by atomic mass is 10.2. The van der Waals surface area contributed by atoms with Crippen LogP contribution in [0.25, 0.3) is 0 Å². The van der Waals surface area contributed by atoms with Gasteiger partial charge in [-0.2, -0.15) is 0 Å². The molecule has 0 atom stereocenters. The lowest BCUT2D eigenvalue weighted by Crippen LogP contribution is -2.25. The summed E-state index contributed by atoms with van der Waals surface area (Å²) in [6.07, 6.45) is 1.31. The van der Waals surface area contributed by atoms with E-state index < -0.39 is 26.6 Å². The minimum Gasteiger partial charge on any atom is -0.326 e. The topological polar surface area (TPSA) is 104 Å². The van der Waals surface area contributed by atoms with Gasteiger partial charge < -0.3 is 10.6 Å². The molecular weight excluding hydrogens is 373 g/mol. The zero-order valence-corrected chi connectivity index (χ0v) is 15.3. The van der Waals surface area contributed by atoms with Crippen LogP contribution in [-0.2, 0) is 14.8 Å². The Balaban J connectivity index is 2.26. The molecule has 0 bridgehead atoms. The molecule has 0 aliphatic carbocycles. The van der Waals surface area contributed by atoms with Gasteiger partial charge in [-0.1, -0.05) is 12.1 Å². The first kappa shape index (κ1) is 20.3. The van der Waals surface area contributed by atoms with Gasteiger partial charge in [0.1, 0.15) is 10.7 Å². The molecule has 2 aromatic rings. The normalized spacial score (nSPS) is 10.9. The second kappa shape index (κ2) is 8.56. The summed E-state index contributed by atoms with van der Waals surface area (Å²) in [6.45, 7) is 4.66. The number of amides is 2. The van der Waals surface area contributed by atoms with Gasteiger partial charge in [-0.25, -0.2) is 17.5 Å². The number of hydrogen-bond acceptors (Lipinski definition) is 4. The van der Waals surface area contributed by atoms with Gasteiger partial charge in [0.15, 0.2) is 0 Å². The summed E-state index contributed by atoms with van der Waals surface area (Å²) >= 11 is 0. The fourth-order valence-corrected chi connectivity index (χ4v) is 3.28. The average Bonchev–Trinajstić information content (AvgIpc) is 2.60. The van der Waals surface area contributed by atoms with E-state index in [-0.39, 0.29) is 18.0 Å². The van der Waals surface area contributed by atoms with Gasteiger partial charge >= 0.3 is 0 Å². The molecule has 7 nitrogen and oxygen atoms in total. The van der Waals surface area contributed by atoms with Gasteiger partial charge in [-0.3, -0.25) is 9.59 Å². The summed E-state index contributed by atoms with van der Waals surface area (Å²) in [6, 6.07) is 9.43. The van der Waals surface area contributed by atoms with Crippen molar-refractivity contribution in [3.63, 3.8) is 0 Å². The third-order valence-electron chi connectivity index (χ3n) is 3.34. The molecule has 0 spiro atoms. The Morgan fingerprint density at radius 3 is 2.41 bits per heavy atom. The SMILES string of the molecule is C=CCNS(=O)(=O)c1cc(C(=O)Nc2cccc(NC(C)=O)c2)ccc1F. The molecule has 0 saturated carbocycles. The fraction of sp³-hybridized carbons (Fsp3) is 0.111. The van der Waals surface area contributed by atoms with E-state index in [9.17, 15) is 22.4 Å². The molecule has 0 aliphatic rings. The maximum absolute atomic E-state index is 13.9. The standard InChI is InChI=1S/C18H18FN3O4S/c1-3-9-20-27(25,26)17-10-13(7-8-16(17)19)18(24)22-15-6-4-5-14(11-15)21-12(2)23/h3-8,10-11,20H,1,9H2,2H3,(H,21,23)(H,22,24). The number of rotatable bonds is 7. The van der Waals surface area contributed by atoms with Crippen molar-refractivity contribution >= 4 is 33.2 Å². The summed E-state index contributed by atoms with van der Waals surface area (Å²) in [5, 5.41) is 5.15. The summed E-state index contributed by atoms with van der Waals surface area (Å²) in [5.74, 6) is -1.87. The smallest absolute Gasteiger partial charge is 0.255 e. The maximum Gasteiger partial charge on any atom is 0.255 e. The van der Waals surface area contributed by atoms with Gasteiger partial charge in [0.05, 0.1) is 0 Å². The van der Waals surface area contributed by atoms with Crippen LogP contribution in [0.5, 0.6) is 0 Å². The minimum absolute atomic E-state index is 0.0414. The van der Waals surface area contributed by atoms with Gasteiger partial charge in [0.25, 0.3) is 5.91 Å². The Morgan fingerprint density at radius 1 is 1.11 bits per heavy atom. The van der Waals surface area contributed by atoms with Gasteiger partial charge in [0, 0.05) is 30.4 Å². The highest BCUT2D eigenvalue weighted by Gasteiger charge is 2.20. The lowest BCUT2D eigenvalue weighted by molar-refractivity contribution is -0.114. The Bertz CT molecular complexity index is 990. The first-order valence-corrected chi connectivity index (χ1v) is 9.30. The van der Waals surface area contributed by atoms with E-state index in [0.717, 1.165) is 12.1 Å². The Kier molecular flexibility index (Phi) is 6.43. The van der Waals surface area contributed by atoms with Crippen LogP contribution in [0.3, 0.4) is 0 Å². The highest BCUT2D eigenvalue weighted by atomic mass is 32.2. The van der Waals surface area contributed by atoms with Crippen molar-refractivity contribution in [2.45, 2.75) is 11.8 Å². The fourth-order valence-electron chi connectivity index (χ4n) is 2.18. The highest BCUT2D eigenvalue weighted by molar-refractivity contribution is 7.89. The first-order valence-electron chi connectivity index (χ1n) is 7.82. The average molecular weight is 391 g/mol. The van der Waals surface area contributed by atoms with Crippen LogP contribution in [0.4, 0.5) is 15.8 Å². The Hall–Kier alpha value is -3.04. The van der Waals surface area contributed by atoms with Crippen LogP contribution in [-0.4, -0.2) is 26.8 Å². The zero-order chi connectivity index (χ0) is 20.0. The van der Waals surface area contributed by atoms with Crippen molar-refractivity contribution in [2.24, 2.45) is 0 Å². The molecule has 2 amide bonds. The molecule has 0 aliphatic heterocycles. The summed E-state index contributed by atoms with van der Waals surface area (Å²) in [5.41, 5.74) is 0.821. The van der Waals surface area contributed by atoms with Gasteiger partial charge in [-0.05, 0) is 36.4 Å². The van der Waals surface area contributed by atoms with Crippen molar-refractivity contribution in [1.29, 1.82) is 0 Å². The number of halogens is 1. The van der Waals surface area contributed by atoms with E-state index >= 15 is 0 Å². The van der Waals surface area contributed by atoms with Crippen LogP contribution >= 0.6 is 0 Å². The molecule has 0 aromatic heterocycles. The predicted octanol–water partition coefficient (Wildman–Crippen LogP) is 2.50. The Labute approximate surface area is 156 Å². The monoisotopic (exact) mass is 391 g/mol. The van der Waals surface area contributed by atoms with Crippen LogP contribution in [0, 0.1) is 5.82 Å². The third-order valence-corrected chi connectivity index (χ3v) is 4.78. The number of nitrogens with one attached hydrogen (secondary N) is 3. The molecule has 2 aromatic carbocycles. The largest absolute Gasteiger partial charge is 0.326 e. The van der Waals surface area contributed by atoms with Crippen molar-refractivity contribution in [3.05, 3.63) is 66.5 Å². The number of hydrogen-bond donors (Lipinski definition) is 3. The lowest BCUT2D eigenvalue weighted by Gasteiger charge is -2.10. The number of carbonyl (C=O) groups excluding carboxylic acids is 2. The molecule has 0 heterocycles. The van der Waals surface area contributed by atoms with E-state index in [2.05, 4.69) is 21.9 Å². The van der Waals surface area contributed by atoms with Crippen LogP contribution < -0.4 is 15.4 Å². The molecule has 9 heteroatoms. The van der Waals surface area contributed by atoms with Crippen LogP contribution in [0.2, 0.25) is 0 Å². The van der Waals surface area contributed by atoms with Crippen LogP contribution in [0.1, 0.15) is 17.3 Å². The van der Waals surface area contributed by atoms with E-state index in [0.29, 0.717) is 11.4 Å². The maximum atomic E-state index is 13.9. The van der Waals surface area contributed by atoms with E-state index in [1.807, 2.05) is 0 Å². The first-order chi connectivity index (χ1) is 12.7. The van der Waals surface area contributed by atoms with Crippen molar-refractivity contribution < 1.29 is 22.4 Å². The van der Waals surface area contributed by atoms with Crippen LogP contribution in [0.15, 0.2) is 60.0 Å². The summed E-state index contributed by atoms with van der Waals surface area (Å²) < 4.78 is 40.3. The number of sulfonamides is 1. The van der Waals surface area contributed by atoms with Crippen molar-refractivity contribution in [3.8, 4) is 0 Å². The predicted molar refractivity (Wildman–Crippen MR) is 100 cm³/mol. The number of anilines is 2. The zero-order valence-electron chi connectivity index (χ0n) is 14.5. The van der Waals surface area contributed by atoms with E-state index in [4.69, 9.17) is 0 Å². The molecule has 2 rings (SSSR count). The molecule has 0 fully saturated rings. The van der Waals surface area contributed by atoms with E-state index in [1.165, 1.54) is 25.1 Å². The summed E-state index contributed by atoms with van der Waals surface area (Å²) in [4.78, 5) is 22.9. The quantitative estimate of drug-likeness (QED) is 0.631. The van der Waals surface area contributed by atoms with Gasteiger partial charge in [-0.15, -0.1) is 6.58 Å². The van der Waals surface area contributed by atoms with Crippen molar-refractivity contribution in [2.75, 3.05) is 17.2 Å². The number of benzene rings is 2. The van der Waals surface area contributed by atoms with Crippen molar-refractivity contribution in [1.82, 2.24) is 4.72 Å². The highest BCUT2D eigenvalue weighted by Crippen LogP contribution is 2.19. The molecule has 0 unspecified atom stereocenters. The Morgan fingerprint density at radius 2 is 1.78 bits per heavy atom. The third kappa shape index (κ3) is 5.47. The number of carbonyl (C=O) groups is 2. The molecular formula is C18H18FN3O4S. The second-order valence-corrected chi connectivity index (χ2v) is 7.24. The molecule has 0 saturated heterocycles. The minimum atomic E-state index is -4.13. The molecule has 3 N–H and O–H groups in total. The second-order valence-electron chi connectivity index (χ2n) is 5.50. The molecule has 0 radical (unpaired) electrons. The van der Waals surface area contributed by atoms with E-state index in [1.54, 1.807) is 18.2 Å². The molecule has 142 valence electrons. The van der Waals surface area contributed by atoms with Gasteiger partial charge in [0.2, 0.25) is 15.9 Å². The molecule has 27 heavy (non-hydrogen) atoms.